The normalized spacial score (nSPS) is 15.7. The summed E-state index contributed by atoms with van der Waals surface area (Å²) in [6.07, 6.45) is -1.13. The first-order valence-corrected chi connectivity index (χ1v) is 18.9. The van der Waals surface area contributed by atoms with Gasteiger partial charge in [0.05, 0.1) is 44.6 Å². The Bertz CT molecular complexity index is 955. The molecule has 1 fully saturated rings. The molecule has 0 aliphatic carbocycles. The molecule has 1 rings (SSSR count). The van der Waals surface area contributed by atoms with Gasteiger partial charge in [-0.05, 0) is 41.9 Å². The van der Waals surface area contributed by atoms with Crippen molar-refractivity contribution >= 4 is 84.2 Å². The number of halogens is 2. The van der Waals surface area contributed by atoms with Crippen molar-refractivity contribution < 1.29 is 53.7 Å². The van der Waals surface area contributed by atoms with Crippen LogP contribution in [0, 0.1) is 0 Å². The molecule has 8 N–H and O–H groups in total. The van der Waals surface area contributed by atoms with Crippen LogP contribution in [0.4, 0.5) is 0 Å². The van der Waals surface area contributed by atoms with Gasteiger partial charge in [-0.25, -0.2) is 0 Å². The Morgan fingerprint density at radius 2 is 1.40 bits per heavy atom. The molecule has 248 valence electrons. The fraction of sp³-hybridized carbons (Fsp3) is 0.667. The zero-order valence-corrected chi connectivity index (χ0v) is 29.2. The molecule has 1 saturated heterocycles. The summed E-state index contributed by atoms with van der Waals surface area (Å²) < 4.78 is 0. The Balaban J connectivity index is -0.000000542. The number of aliphatic hydroxyl groups is 1. The van der Waals surface area contributed by atoms with Crippen molar-refractivity contribution in [3.05, 3.63) is 0 Å². The summed E-state index contributed by atoms with van der Waals surface area (Å²) >= 11 is 4.24. The highest BCUT2D eigenvalue weighted by Crippen LogP contribution is 2.11. The average Bonchev–Trinajstić information content (AvgIpc) is 3.20. The van der Waals surface area contributed by atoms with Gasteiger partial charge in [0.1, 0.15) is 29.6 Å². The summed E-state index contributed by atoms with van der Waals surface area (Å²) in [4.78, 5) is 87.4. The number of likely N-dealkylation sites (tertiary alicyclic amines) is 1. The van der Waals surface area contributed by atoms with Crippen LogP contribution in [0.2, 0.25) is 0 Å². The molecule has 4 atom stereocenters. The molecular formula is C24H42I2N6O11. The van der Waals surface area contributed by atoms with Gasteiger partial charge in [0.15, 0.2) is 0 Å². The predicted octanol–water partition coefficient (Wildman–Crippen LogP) is -2.01. The van der Waals surface area contributed by atoms with Gasteiger partial charge in [-0.1, -0.05) is 0 Å². The molecule has 4 unspecified atom stereocenters. The minimum atomic E-state index is -1.07. The number of carboxylic acids is 2. The van der Waals surface area contributed by atoms with Gasteiger partial charge in [-0.3, -0.25) is 48.6 Å². The highest BCUT2D eigenvalue weighted by molar-refractivity contribution is 15.0. The van der Waals surface area contributed by atoms with Gasteiger partial charge in [0.25, 0.3) is 0 Å². The molecule has 0 aromatic rings. The number of rotatable bonds is 16. The smallest absolute Gasteiger partial charge is 0.320 e. The van der Waals surface area contributed by atoms with E-state index in [1.165, 1.54) is 34.9 Å². The fourth-order valence-corrected chi connectivity index (χ4v) is 3.04. The number of amides is 3. The number of carbonyl (C=O) groups excluding carboxylic acids is 6. The van der Waals surface area contributed by atoms with E-state index >= 15 is 0 Å². The van der Waals surface area contributed by atoms with Crippen LogP contribution in [-0.4, -0.2) is 132 Å². The van der Waals surface area contributed by atoms with E-state index in [0.717, 1.165) is 4.90 Å². The number of nitrogens with zero attached hydrogens (tertiary/aromatic N) is 1. The first kappa shape index (κ1) is 45.3. The second-order valence-electron chi connectivity index (χ2n) is 8.94. The number of nitrogens with one attached hydrogen (secondary N) is 5. The van der Waals surface area contributed by atoms with E-state index < -0.39 is 42.2 Å². The molecule has 1 aliphatic rings. The predicted molar refractivity (Wildman–Crippen MR) is 171 cm³/mol. The zero-order valence-electron chi connectivity index (χ0n) is 24.9. The third kappa shape index (κ3) is 22.9. The first-order chi connectivity index (χ1) is 20.0. The molecule has 0 saturated carbocycles. The fourth-order valence-electron chi connectivity index (χ4n) is 3.04. The molecule has 17 nitrogen and oxygen atoms in total. The van der Waals surface area contributed by atoms with Crippen LogP contribution >= 0.6 is 37.2 Å². The number of aliphatic hydroxyl groups excluding tert-OH is 1. The van der Waals surface area contributed by atoms with Crippen LogP contribution in [-0.2, 0) is 38.4 Å². The van der Waals surface area contributed by atoms with E-state index in [-0.39, 0.29) is 68.1 Å². The summed E-state index contributed by atoms with van der Waals surface area (Å²) in [7, 11) is 4.60. The van der Waals surface area contributed by atoms with Crippen LogP contribution in [0.1, 0.15) is 40.0 Å². The van der Waals surface area contributed by atoms with Crippen molar-refractivity contribution in [1.82, 2.24) is 31.5 Å². The maximum atomic E-state index is 11.4. The summed E-state index contributed by atoms with van der Waals surface area (Å²) in [5, 5.41) is 39.0. The summed E-state index contributed by atoms with van der Waals surface area (Å²) in [6, 6.07) is -2.07. The standard InChI is InChI=1S/C8H14N2O4.C8H16N2O4.C8H12N2O3.I2/c1-5(11)4-10-8(14)6(9-2)3-7(12)13;1-5(11)4-10-7(12)3-6(9-2)8(13)14;1-5(11)4-10-7(12)3-6(9-2)8(10)13;1-2/h6,9H,3-4H2,1-2H3,(H,10,14)(H,12,13);6-7,9-10,12H,3-4H2,1-2H3,(H,13,14);6,9H,3-4H2,1-2H3;. The number of hydrogen-bond acceptors (Lipinski definition) is 13. The number of ketones is 3. The largest absolute Gasteiger partial charge is 0.481 e. The van der Waals surface area contributed by atoms with Gasteiger partial charge in [-0.2, -0.15) is 0 Å². The van der Waals surface area contributed by atoms with Gasteiger partial charge < -0.3 is 36.6 Å². The molecule has 0 aromatic heterocycles. The number of aliphatic carboxylic acids is 2. The third-order valence-corrected chi connectivity index (χ3v) is 5.22. The lowest BCUT2D eigenvalue weighted by molar-refractivity contribution is -0.142. The van der Waals surface area contributed by atoms with Gasteiger partial charge in [0, 0.05) is 43.7 Å². The van der Waals surface area contributed by atoms with E-state index in [1.807, 2.05) is 0 Å². The molecule has 0 spiro atoms. The number of carboxylic acid groups (broad SMARTS) is 2. The third-order valence-electron chi connectivity index (χ3n) is 5.22. The van der Waals surface area contributed by atoms with Crippen molar-refractivity contribution in [1.29, 1.82) is 0 Å². The first-order valence-electron chi connectivity index (χ1n) is 12.6. The van der Waals surface area contributed by atoms with Gasteiger partial charge >= 0.3 is 11.9 Å². The molecule has 0 bridgehead atoms. The Morgan fingerprint density at radius 1 is 0.884 bits per heavy atom. The molecule has 19 heteroatoms. The van der Waals surface area contributed by atoms with Crippen LogP contribution in [0.5, 0.6) is 0 Å². The molecular weight excluding hydrogens is 802 g/mol. The number of imide groups is 1. The molecule has 3 amide bonds. The molecule has 43 heavy (non-hydrogen) atoms. The maximum absolute atomic E-state index is 11.4. The van der Waals surface area contributed by atoms with Crippen LogP contribution in [0.3, 0.4) is 0 Å². The van der Waals surface area contributed by atoms with Crippen molar-refractivity contribution in [2.24, 2.45) is 0 Å². The lowest BCUT2D eigenvalue weighted by Crippen LogP contribution is -2.45. The van der Waals surface area contributed by atoms with Crippen molar-refractivity contribution in [2.75, 3.05) is 40.8 Å². The number of carbonyl (C=O) groups is 8. The van der Waals surface area contributed by atoms with Crippen LogP contribution in [0.25, 0.3) is 0 Å². The van der Waals surface area contributed by atoms with Gasteiger partial charge in [-0.15, -0.1) is 0 Å². The minimum absolute atomic E-state index is 0.0130. The Hall–Kier alpha value is -2.18. The minimum Gasteiger partial charge on any atom is -0.481 e. The van der Waals surface area contributed by atoms with Crippen molar-refractivity contribution in [2.45, 2.75) is 64.4 Å². The average molecular weight is 844 g/mol. The van der Waals surface area contributed by atoms with E-state index in [0.29, 0.717) is 0 Å². The quantitative estimate of drug-likeness (QED) is 0.0475. The lowest BCUT2D eigenvalue weighted by Gasteiger charge is -2.16. The van der Waals surface area contributed by atoms with Crippen LogP contribution in [0.15, 0.2) is 0 Å². The van der Waals surface area contributed by atoms with Crippen molar-refractivity contribution in [3.63, 3.8) is 0 Å². The number of hydrogen-bond donors (Lipinski definition) is 8. The highest BCUT2D eigenvalue weighted by atomic mass is 128. The van der Waals surface area contributed by atoms with E-state index in [1.54, 1.807) is 7.05 Å². The second-order valence-corrected chi connectivity index (χ2v) is 8.94. The number of Topliss-reactive ketones (excluding diaryl/α,β-unsaturated/α-hetero) is 3. The highest BCUT2D eigenvalue weighted by Gasteiger charge is 2.37. The zero-order chi connectivity index (χ0) is 34.3. The van der Waals surface area contributed by atoms with Crippen LogP contribution < -0.4 is 26.6 Å². The topological polar surface area (TPSA) is 261 Å². The summed E-state index contributed by atoms with van der Waals surface area (Å²) in [6.45, 7) is 3.94. The molecule has 1 heterocycles. The SMILES string of the molecule is CNC(CC(=O)O)C(=O)NCC(C)=O.CNC(CC(O)NCC(C)=O)C(=O)O.CNC1CC(=O)N(CC(C)=O)C1=O.II. The van der Waals surface area contributed by atoms with E-state index in [4.69, 9.17) is 10.2 Å². The lowest BCUT2D eigenvalue weighted by atomic mass is 10.2. The summed E-state index contributed by atoms with van der Waals surface area (Å²) in [5.41, 5.74) is 0. The van der Waals surface area contributed by atoms with E-state index in [2.05, 4.69) is 63.8 Å². The number of likely N-dealkylation sites (N-methyl/N-ethyl adjacent to an activating group) is 3. The maximum Gasteiger partial charge on any atom is 0.320 e. The molecule has 1 aliphatic heterocycles. The Labute approximate surface area is 273 Å². The van der Waals surface area contributed by atoms with E-state index in [9.17, 15) is 43.5 Å². The molecule has 0 radical (unpaired) electrons. The van der Waals surface area contributed by atoms with Crippen molar-refractivity contribution in [3.8, 4) is 0 Å². The Morgan fingerprint density at radius 3 is 1.74 bits per heavy atom. The van der Waals surface area contributed by atoms with Gasteiger partial charge in [0.2, 0.25) is 17.7 Å². The monoisotopic (exact) mass is 844 g/mol. The second kappa shape index (κ2) is 26.2. The molecule has 0 aromatic carbocycles. The Kier molecular flexibility index (Phi) is 27.6. The summed E-state index contributed by atoms with van der Waals surface area (Å²) in [5.74, 6) is -3.63.